The van der Waals surface area contributed by atoms with Crippen molar-refractivity contribution in [2.45, 2.75) is 50.1 Å². The Labute approximate surface area is 118 Å². The van der Waals surface area contributed by atoms with Gasteiger partial charge in [0.25, 0.3) is 0 Å². The summed E-state index contributed by atoms with van der Waals surface area (Å²) in [4.78, 5) is 11.6. The van der Waals surface area contributed by atoms with Crippen LogP contribution in [0.15, 0.2) is 0 Å². The minimum atomic E-state index is -0.0517. The molecule has 1 aliphatic rings. The van der Waals surface area contributed by atoms with E-state index in [9.17, 15) is 4.79 Å². The number of esters is 1. The monoisotopic (exact) mass is 354 g/mol. The van der Waals surface area contributed by atoms with Gasteiger partial charge in [-0.05, 0) is 32.1 Å². The van der Waals surface area contributed by atoms with Crippen molar-refractivity contribution < 1.29 is 14.3 Å². The molecule has 1 rings (SSSR count). The molecule has 1 fully saturated rings. The molecule has 0 saturated heterocycles. The van der Waals surface area contributed by atoms with E-state index in [0.29, 0.717) is 16.4 Å². The van der Waals surface area contributed by atoms with E-state index < -0.39 is 0 Å². The number of ether oxygens (including phenoxy) is 2. The van der Waals surface area contributed by atoms with Crippen LogP contribution in [-0.4, -0.2) is 29.2 Å². The van der Waals surface area contributed by atoms with E-state index >= 15 is 0 Å². The Balaban J connectivity index is 2.31. The molecule has 0 N–H and O–H groups in total. The summed E-state index contributed by atoms with van der Waals surface area (Å²) in [6.45, 7) is 7.52. The molecule has 100 valence electrons. The predicted octanol–water partition coefficient (Wildman–Crippen LogP) is 3.19. The summed E-state index contributed by atoms with van der Waals surface area (Å²) in [6, 6.07) is 0. The first-order valence-corrected chi connectivity index (χ1v) is 7.71. The zero-order valence-electron chi connectivity index (χ0n) is 10.9. The van der Waals surface area contributed by atoms with Gasteiger partial charge in [0, 0.05) is 10.5 Å². The van der Waals surface area contributed by atoms with Gasteiger partial charge >= 0.3 is 5.97 Å². The third kappa shape index (κ3) is 5.12. The first kappa shape index (κ1) is 15.2. The number of hydrogen-bond acceptors (Lipinski definition) is 3. The number of carbonyl (C=O) groups is 1. The third-order valence-electron chi connectivity index (χ3n) is 3.08. The Kier molecular flexibility index (Phi) is 6.77. The summed E-state index contributed by atoms with van der Waals surface area (Å²) < 4.78 is 11.4. The Morgan fingerprint density at radius 1 is 1.41 bits per heavy atom. The van der Waals surface area contributed by atoms with Gasteiger partial charge in [0.05, 0.1) is 18.6 Å². The summed E-state index contributed by atoms with van der Waals surface area (Å²) in [5.74, 6) is 0.662. The molecule has 3 atom stereocenters. The minimum Gasteiger partial charge on any atom is -0.466 e. The van der Waals surface area contributed by atoms with Crippen molar-refractivity contribution in [1.29, 1.82) is 0 Å². The van der Waals surface area contributed by atoms with Crippen LogP contribution < -0.4 is 0 Å². The topological polar surface area (TPSA) is 35.5 Å². The van der Waals surface area contributed by atoms with Gasteiger partial charge < -0.3 is 9.47 Å². The van der Waals surface area contributed by atoms with Gasteiger partial charge in [-0.15, -0.1) is 0 Å². The molecule has 0 spiro atoms. The second-order valence-corrected chi connectivity index (χ2v) is 6.63. The van der Waals surface area contributed by atoms with Crippen LogP contribution in [0.4, 0.5) is 0 Å². The van der Waals surface area contributed by atoms with Crippen molar-refractivity contribution in [1.82, 2.24) is 0 Å². The Hall–Kier alpha value is 0.160. The highest BCUT2D eigenvalue weighted by Gasteiger charge is 2.37. The number of halogens is 1. The van der Waals surface area contributed by atoms with Crippen molar-refractivity contribution in [2.75, 3.05) is 13.2 Å². The Bertz CT molecular complexity index is 243. The maximum Gasteiger partial charge on any atom is 0.309 e. The predicted molar refractivity (Wildman–Crippen MR) is 76.4 cm³/mol. The van der Waals surface area contributed by atoms with Gasteiger partial charge in [0.2, 0.25) is 0 Å². The first-order valence-electron chi connectivity index (χ1n) is 6.46. The second kappa shape index (κ2) is 7.56. The lowest BCUT2D eigenvalue weighted by atomic mass is 10.1. The lowest BCUT2D eigenvalue weighted by Crippen LogP contribution is -2.19. The van der Waals surface area contributed by atoms with Gasteiger partial charge in [-0.3, -0.25) is 4.79 Å². The number of rotatable bonds is 6. The first-order chi connectivity index (χ1) is 8.04. The van der Waals surface area contributed by atoms with Crippen molar-refractivity contribution in [3.8, 4) is 0 Å². The van der Waals surface area contributed by atoms with Crippen molar-refractivity contribution in [3.63, 3.8) is 0 Å². The van der Waals surface area contributed by atoms with Crippen LogP contribution in [0.3, 0.4) is 0 Å². The molecule has 0 aromatic carbocycles. The zero-order valence-corrected chi connectivity index (χ0v) is 13.1. The number of alkyl halides is 1. The molecule has 0 aromatic rings. The van der Waals surface area contributed by atoms with Crippen molar-refractivity contribution >= 4 is 28.6 Å². The summed E-state index contributed by atoms with van der Waals surface area (Å²) in [5.41, 5.74) is 0. The second-order valence-electron chi connectivity index (χ2n) is 5.03. The Morgan fingerprint density at radius 3 is 2.71 bits per heavy atom. The largest absolute Gasteiger partial charge is 0.466 e. The van der Waals surface area contributed by atoms with E-state index in [1.165, 1.54) is 0 Å². The highest BCUT2D eigenvalue weighted by molar-refractivity contribution is 14.1. The van der Waals surface area contributed by atoms with Crippen LogP contribution in [0.2, 0.25) is 0 Å². The smallest absolute Gasteiger partial charge is 0.309 e. The van der Waals surface area contributed by atoms with Crippen LogP contribution >= 0.6 is 22.6 Å². The molecule has 4 heteroatoms. The molecule has 1 aliphatic carbocycles. The molecular formula is C13H23IO3. The summed E-state index contributed by atoms with van der Waals surface area (Å²) in [5, 5.41) is 0. The Morgan fingerprint density at radius 2 is 2.12 bits per heavy atom. The normalized spacial score (nSPS) is 28.6. The average molecular weight is 354 g/mol. The highest BCUT2D eigenvalue weighted by Crippen LogP contribution is 2.34. The molecule has 0 radical (unpaired) electrons. The summed E-state index contributed by atoms with van der Waals surface area (Å²) in [6.07, 6.45) is 3.03. The standard InChI is InChI=1S/C13H23IO3/c1-4-16-13(15)10-7-11(14)12(8-10)17-6-5-9(2)3/h9-12H,4-8H2,1-3H3. The van der Waals surface area contributed by atoms with Crippen LogP contribution in [0, 0.1) is 11.8 Å². The zero-order chi connectivity index (χ0) is 12.8. The summed E-state index contributed by atoms with van der Waals surface area (Å²) >= 11 is 2.40. The number of hydrogen-bond donors (Lipinski definition) is 0. The quantitative estimate of drug-likeness (QED) is 0.418. The van der Waals surface area contributed by atoms with Gasteiger partial charge in [-0.25, -0.2) is 0 Å². The number of carbonyl (C=O) groups excluding carboxylic acids is 1. The van der Waals surface area contributed by atoms with Crippen LogP contribution in [0.1, 0.15) is 40.0 Å². The van der Waals surface area contributed by atoms with Crippen molar-refractivity contribution in [3.05, 3.63) is 0 Å². The van der Waals surface area contributed by atoms with Crippen LogP contribution in [-0.2, 0) is 14.3 Å². The lowest BCUT2D eigenvalue weighted by molar-refractivity contribution is -0.148. The lowest BCUT2D eigenvalue weighted by Gasteiger charge is -2.16. The van der Waals surface area contributed by atoms with E-state index in [2.05, 4.69) is 36.4 Å². The van der Waals surface area contributed by atoms with E-state index in [0.717, 1.165) is 25.9 Å². The maximum absolute atomic E-state index is 11.6. The molecule has 0 heterocycles. The van der Waals surface area contributed by atoms with Gasteiger partial charge in [0.15, 0.2) is 0 Å². The molecule has 0 amide bonds. The van der Waals surface area contributed by atoms with Crippen LogP contribution in [0.25, 0.3) is 0 Å². The molecule has 0 bridgehead atoms. The van der Waals surface area contributed by atoms with Gasteiger partial charge in [-0.1, -0.05) is 36.4 Å². The molecule has 1 saturated carbocycles. The molecule has 0 aromatic heterocycles. The fourth-order valence-corrected chi connectivity index (χ4v) is 3.14. The molecular weight excluding hydrogens is 331 g/mol. The molecule has 3 unspecified atom stereocenters. The molecule has 17 heavy (non-hydrogen) atoms. The van der Waals surface area contributed by atoms with E-state index in [1.54, 1.807) is 0 Å². The SMILES string of the molecule is CCOC(=O)C1CC(I)C(OCCC(C)C)C1. The maximum atomic E-state index is 11.6. The van der Waals surface area contributed by atoms with Gasteiger partial charge in [0.1, 0.15) is 0 Å². The average Bonchev–Trinajstić information content (AvgIpc) is 2.60. The van der Waals surface area contributed by atoms with Crippen LogP contribution in [0.5, 0.6) is 0 Å². The van der Waals surface area contributed by atoms with Gasteiger partial charge in [-0.2, -0.15) is 0 Å². The minimum absolute atomic E-state index is 0.0425. The summed E-state index contributed by atoms with van der Waals surface area (Å²) in [7, 11) is 0. The molecule has 3 nitrogen and oxygen atoms in total. The van der Waals surface area contributed by atoms with E-state index in [1.807, 2.05) is 6.92 Å². The fourth-order valence-electron chi connectivity index (χ4n) is 2.03. The van der Waals surface area contributed by atoms with E-state index in [4.69, 9.17) is 9.47 Å². The third-order valence-corrected chi connectivity index (χ3v) is 4.39. The van der Waals surface area contributed by atoms with Crippen molar-refractivity contribution in [2.24, 2.45) is 11.8 Å². The van der Waals surface area contributed by atoms with E-state index in [-0.39, 0.29) is 18.0 Å². The fraction of sp³-hybridized carbons (Fsp3) is 0.923. The highest BCUT2D eigenvalue weighted by atomic mass is 127. The molecule has 0 aliphatic heterocycles.